The molecule has 27 heteroatoms. The molecule has 7 aromatic heterocycles. The number of halogens is 1. The van der Waals surface area contributed by atoms with Crippen molar-refractivity contribution in [1.29, 1.82) is 0 Å². The van der Waals surface area contributed by atoms with Gasteiger partial charge in [0.2, 0.25) is 11.7 Å². The van der Waals surface area contributed by atoms with Gasteiger partial charge in [0, 0.05) is 134 Å². The molecule has 674 valence electrons. The van der Waals surface area contributed by atoms with Gasteiger partial charge in [0.1, 0.15) is 52.5 Å². The second-order valence-electron chi connectivity index (χ2n) is 33.0. The van der Waals surface area contributed by atoms with Crippen LogP contribution in [0.2, 0.25) is 5.02 Å². The fourth-order valence-corrected chi connectivity index (χ4v) is 15.3. The van der Waals surface area contributed by atoms with Crippen LogP contribution in [0.5, 0.6) is 46.0 Å². The predicted octanol–water partition coefficient (Wildman–Crippen LogP) is 22.2. The van der Waals surface area contributed by atoms with Crippen LogP contribution < -0.4 is 37.9 Å². The van der Waals surface area contributed by atoms with Crippen molar-refractivity contribution in [3.63, 3.8) is 0 Å². The maximum atomic E-state index is 12.8. The van der Waals surface area contributed by atoms with Crippen molar-refractivity contribution < 1.29 is 86.8 Å². The predicted molar refractivity (Wildman–Crippen MR) is 509 cm³/mol. The summed E-state index contributed by atoms with van der Waals surface area (Å²) >= 11 is 6.01. The molecule has 26 nitrogen and oxygen atoms in total. The van der Waals surface area contributed by atoms with E-state index in [-0.39, 0.29) is 12.3 Å². The van der Waals surface area contributed by atoms with Crippen LogP contribution in [-0.2, 0) is 45.4 Å². The number of aromatic amines is 1. The molecule has 0 aliphatic rings. The number of nitrogens with zero attached hydrogens (tertiary/aromatic N) is 7. The quantitative estimate of drug-likeness (QED) is 0.0182. The van der Waals surface area contributed by atoms with E-state index in [0.717, 1.165) is 155 Å². The van der Waals surface area contributed by atoms with Crippen molar-refractivity contribution in [3.05, 3.63) is 308 Å². The number of aryl methyl sites for hydroxylation is 4. The summed E-state index contributed by atoms with van der Waals surface area (Å²) in [6.45, 7) is 15.9. The van der Waals surface area contributed by atoms with E-state index in [1.807, 2.05) is 231 Å². The van der Waals surface area contributed by atoms with Gasteiger partial charge in [-0.1, -0.05) is 108 Å². The van der Waals surface area contributed by atoms with Crippen LogP contribution in [0.3, 0.4) is 0 Å². The molecule has 0 saturated carbocycles. The Morgan fingerprint density at radius 2 is 0.848 bits per heavy atom. The number of carboxylic acid groups (broad SMARTS) is 4. The maximum absolute atomic E-state index is 12.8. The number of rotatable bonds is 35. The number of hydrogen-bond donors (Lipinski definition) is 5. The zero-order chi connectivity index (χ0) is 92.6. The molecule has 0 bridgehead atoms. The second-order valence-corrected chi connectivity index (χ2v) is 33.4. The van der Waals surface area contributed by atoms with E-state index in [4.69, 9.17) is 59.1 Å². The smallest absolute Gasteiger partial charge is 0.347 e. The summed E-state index contributed by atoms with van der Waals surface area (Å²) in [5.74, 6) is 2.79. The number of carbonyl (C=O) groups is 5. The SMILES string of the molecule is CC(C)(Oc1cccc2c1ccn2CCCOc1ccc2[nH]c3ccccc3c2c1)C(=O)O.CC(C)(Oc1cccc2c1ccn2CCCOc1ccc2cc(C(=O)c3ccccc3)ccc2c1)C(=O)O.Cc1nc(-c2ccc(OCCCn3ccc4c(OC(C)(C)C(=O)O)cccc43)cc2)no1.O=C(O)Cn1ccc2c(OCCCOc3ccnc4cc(Cl)ccc34)cccc21. The first-order chi connectivity index (χ1) is 63.7. The van der Waals surface area contributed by atoms with Crippen LogP contribution in [0.15, 0.2) is 290 Å². The lowest BCUT2D eigenvalue weighted by atomic mass is 10.00. The van der Waals surface area contributed by atoms with Crippen molar-refractivity contribution in [1.82, 2.24) is 38.4 Å². The van der Waals surface area contributed by atoms with Crippen molar-refractivity contribution in [2.75, 3.05) is 33.0 Å². The van der Waals surface area contributed by atoms with E-state index in [1.165, 1.54) is 19.2 Å². The molecule has 0 radical (unpaired) electrons. The molecule has 18 rings (SSSR count). The normalized spacial score (nSPS) is 11.5. The van der Waals surface area contributed by atoms with Crippen molar-refractivity contribution in [3.8, 4) is 57.4 Å². The van der Waals surface area contributed by atoms with Crippen LogP contribution in [0.4, 0.5) is 0 Å². The highest BCUT2D eigenvalue weighted by molar-refractivity contribution is 6.31. The average Bonchev–Trinajstić information content (AvgIpc) is 1.66. The Morgan fingerprint density at radius 1 is 0.394 bits per heavy atom. The highest BCUT2D eigenvalue weighted by atomic mass is 35.5. The molecule has 11 aromatic carbocycles. The standard InChI is InChI=1S/C32H29NO5.C27H26N2O4.C24H25N3O5.C22H19ClN2O4/c1-32(2,31(35)36)38-29-11-6-10-28-27(29)16-18-33(28)17-7-19-37-26-15-14-23-20-25(13-12-24(23)21-26)30(34)22-8-4-3-5-9-22;1-27(2,26(30)31)33-25-10-5-9-24-20(25)13-15-29(24)14-6-16-32-18-11-12-23-21(17-18)19-7-3-4-8-22(19)28-23;1-16-25-22(26-32-16)17-8-10-18(11-9-17)30-15-5-13-27-14-12-19-20(27)6-4-7-21(19)31-24(2,3)23(28)29;23-15-5-6-16-18(13-15)24-9-7-21(16)29-12-2-11-28-20-4-1-3-19-17(20)8-10-25(19)14-22(26)27/h3-6,8-16,18,20-21H,7,17,19H2,1-2H3,(H,35,36);3-5,7-13,15,17,28H,6,14,16H2,1-2H3,(H,30,31);4,6-12,14H,5,13,15H2,1-3H3,(H,28,29);1,3-10,13H,2,11-12,14H2,(H,26,27). The molecule has 18 aromatic rings. The molecular weight excluding hydrogens is 1700 g/mol. The highest BCUT2D eigenvalue weighted by Gasteiger charge is 2.33. The first kappa shape index (κ1) is 91.2. The lowest BCUT2D eigenvalue weighted by molar-refractivity contribution is -0.152. The zero-order valence-corrected chi connectivity index (χ0v) is 74.6. The van der Waals surface area contributed by atoms with Gasteiger partial charge in [0.25, 0.3) is 0 Å². The summed E-state index contributed by atoms with van der Waals surface area (Å²) < 4.78 is 60.1. The van der Waals surface area contributed by atoms with Crippen LogP contribution in [0, 0.1) is 6.92 Å². The van der Waals surface area contributed by atoms with E-state index in [9.17, 15) is 39.3 Å². The third-order valence-corrected chi connectivity index (χ3v) is 22.4. The third kappa shape index (κ3) is 22.0. The Labute approximate surface area is 764 Å². The summed E-state index contributed by atoms with van der Waals surface area (Å²) in [6, 6.07) is 80.7. The van der Waals surface area contributed by atoms with Crippen LogP contribution in [-0.4, -0.2) is 138 Å². The summed E-state index contributed by atoms with van der Waals surface area (Å²) in [6.07, 6.45) is 12.6. The molecule has 0 aliphatic heterocycles. The fraction of sp³-hybridized carbons (Fsp3) is 0.219. The number of ketones is 1. The lowest BCUT2D eigenvalue weighted by Crippen LogP contribution is -2.37. The van der Waals surface area contributed by atoms with Crippen LogP contribution in [0.25, 0.3) is 98.5 Å². The molecule has 0 amide bonds. The Hall–Kier alpha value is -15.6. The topological polar surface area (TPSA) is 327 Å². The fourth-order valence-electron chi connectivity index (χ4n) is 15.2. The van der Waals surface area contributed by atoms with Gasteiger partial charge in [-0.2, -0.15) is 4.98 Å². The van der Waals surface area contributed by atoms with Gasteiger partial charge >= 0.3 is 23.9 Å². The summed E-state index contributed by atoms with van der Waals surface area (Å²) in [5, 5.41) is 50.5. The van der Waals surface area contributed by atoms with Crippen molar-refractivity contribution in [2.45, 2.75) is 117 Å². The molecule has 7 heterocycles. The van der Waals surface area contributed by atoms with Crippen LogP contribution >= 0.6 is 11.6 Å². The van der Waals surface area contributed by atoms with Gasteiger partial charge in [-0.3, -0.25) is 14.6 Å². The molecule has 0 fully saturated rings. The number of benzene rings is 11. The van der Waals surface area contributed by atoms with Gasteiger partial charge in [-0.25, -0.2) is 14.4 Å². The molecule has 0 spiro atoms. The van der Waals surface area contributed by atoms with Gasteiger partial charge in [0.15, 0.2) is 22.6 Å². The minimum atomic E-state index is -1.32. The van der Waals surface area contributed by atoms with Gasteiger partial charge in [-0.15, -0.1) is 0 Å². The van der Waals surface area contributed by atoms with Gasteiger partial charge in [-0.05, 0) is 235 Å². The number of carbonyl (C=O) groups excluding carboxylic acids is 1. The molecule has 132 heavy (non-hydrogen) atoms. The van der Waals surface area contributed by atoms with E-state index >= 15 is 0 Å². The third-order valence-electron chi connectivity index (χ3n) is 22.2. The minimum Gasteiger partial charge on any atom is -0.494 e. The molecule has 0 unspecified atom stereocenters. The number of nitrogens with one attached hydrogen (secondary N) is 1. The number of H-pyrrole nitrogens is 1. The average molecular weight is 1800 g/mol. The molecule has 0 aliphatic carbocycles. The summed E-state index contributed by atoms with van der Waals surface area (Å²) in [4.78, 5) is 70.0. The Morgan fingerprint density at radius 3 is 1.39 bits per heavy atom. The molecule has 0 atom stereocenters. The zero-order valence-electron chi connectivity index (χ0n) is 73.8. The summed E-state index contributed by atoms with van der Waals surface area (Å²) in [7, 11) is 0. The minimum absolute atomic E-state index is 0.00893. The first-order valence-corrected chi connectivity index (χ1v) is 43.6. The van der Waals surface area contributed by atoms with Crippen LogP contribution in [0.1, 0.15) is 89.0 Å². The first-order valence-electron chi connectivity index (χ1n) is 43.2. The highest BCUT2D eigenvalue weighted by Crippen LogP contribution is 2.37. The van der Waals surface area contributed by atoms with Gasteiger partial charge < -0.3 is 86.1 Å². The Balaban J connectivity index is 0.000000135. The van der Waals surface area contributed by atoms with E-state index in [2.05, 4.69) is 58.1 Å². The molecule has 0 saturated heterocycles. The van der Waals surface area contributed by atoms with Gasteiger partial charge in [0.05, 0.1) is 60.6 Å². The number of ether oxygens (including phenoxy) is 8. The maximum Gasteiger partial charge on any atom is 0.347 e. The number of carboxylic acids is 4. The second kappa shape index (κ2) is 40.8. The number of pyridine rings is 1. The molecular formula is C105H99ClN8O18. The van der Waals surface area contributed by atoms with Crippen molar-refractivity contribution >= 4 is 128 Å². The number of fused-ring (bicyclic) bond motifs is 9. The van der Waals surface area contributed by atoms with E-state index in [1.54, 1.807) is 69.8 Å². The molecule has 5 N–H and O–H groups in total. The van der Waals surface area contributed by atoms with Crippen molar-refractivity contribution in [2.24, 2.45) is 0 Å². The van der Waals surface area contributed by atoms with E-state index < -0.39 is 40.7 Å². The number of aliphatic carboxylic acids is 4. The Bertz CT molecular complexity index is 7170. The number of aromatic nitrogens is 8. The number of para-hydroxylation sites is 1. The Kier molecular flexibility index (Phi) is 28.2. The summed E-state index contributed by atoms with van der Waals surface area (Å²) in [5.41, 5.74) is 5.13. The number of hydrogen-bond acceptors (Lipinski definition) is 17. The van der Waals surface area contributed by atoms with E-state index in [0.29, 0.717) is 84.6 Å². The lowest BCUT2D eigenvalue weighted by Gasteiger charge is -2.22. The monoisotopic (exact) mass is 1790 g/mol. The largest absolute Gasteiger partial charge is 0.494 e.